The van der Waals surface area contributed by atoms with Gasteiger partial charge in [0.1, 0.15) is 17.4 Å². The summed E-state index contributed by atoms with van der Waals surface area (Å²) in [6, 6.07) is 11.5. The molecule has 2 N–H and O–H groups in total. The van der Waals surface area contributed by atoms with E-state index in [0.29, 0.717) is 28.4 Å². The number of pyridine rings is 1. The van der Waals surface area contributed by atoms with Crippen molar-refractivity contribution in [3.63, 3.8) is 0 Å². The molecule has 0 atom stereocenters. The van der Waals surface area contributed by atoms with Crippen LogP contribution in [0.4, 0.5) is 15.9 Å². The predicted molar refractivity (Wildman–Crippen MR) is 152 cm³/mol. The lowest BCUT2D eigenvalue weighted by Gasteiger charge is -2.25. The topological polar surface area (TPSA) is 84.3 Å². The second-order valence-corrected chi connectivity index (χ2v) is 9.83. The molecule has 1 aliphatic heterocycles. The standard InChI is InChI=1S/C28H32ClFN6O2/c1-19(2)34-10-4-11-35(14-13-34)27-16-21(7-8-32-27)24-18-22(30)17-23(28(24)37)20-5-6-26(25(29)15-20)36(33-38)12-9-31-3/h5-9,12,15-19,31,37H,4,10-11,13-14H2,1-3H3/b12-9-. The van der Waals surface area contributed by atoms with Crippen LogP contribution < -0.4 is 15.2 Å². The number of nitroso groups, excluding NO2 is 1. The first-order valence-electron chi connectivity index (χ1n) is 12.6. The third-order valence-corrected chi connectivity index (χ3v) is 6.99. The van der Waals surface area contributed by atoms with Gasteiger partial charge in [0.2, 0.25) is 0 Å². The first kappa shape index (κ1) is 27.3. The number of nitrogens with one attached hydrogen (secondary N) is 1. The van der Waals surface area contributed by atoms with Gasteiger partial charge in [0.25, 0.3) is 0 Å². The minimum absolute atomic E-state index is 0.0744. The highest BCUT2D eigenvalue weighted by Crippen LogP contribution is 2.41. The molecule has 0 aliphatic carbocycles. The molecule has 1 aliphatic rings. The molecule has 0 spiro atoms. The van der Waals surface area contributed by atoms with Crippen LogP contribution in [0.15, 0.2) is 66.3 Å². The molecule has 1 fully saturated rings. The summed E-state index contributed by atoms with van der Waals surface area (Å²) in [4.78, 5) is 20.5. The number of benzene rings is 2. The lowest BCUT2D eigenvalue weighted by molar-refractivity contribution is 0.238. The van der Waals surface area contributed by atoms with Crippen molar-refractivity contribution in [2.24, 2.45) is 5.29 Å². The second kappa shape index (κ2) is 12.2. The summed E-state index contributed by atoms with van der Waals surface area (Å²) in [5, 5.41) is 18.3. The van der Waals surface area contributed by atoms with Crippen molar-refractivity contribution in [3.8, 4) is 28.0 Å². The van der Waals surface area contributed by atoms with Crippen molar-refractivity contribution in [2.45, 2.75) is 26.3 Å². The molecule has 2 heterocycles. The Labute approximate surface area is 227 Å². The molecular formula is C28H32ClFN6O2. The van der Waals surface area contributed by atoms with Crippen molar-refractivity contribution < 1.29 is 9.50 Å². The van der Waals surface area contributed by atoms with E-state index in [4.69, 9.17) is 11.6 Å². The minimum Gasteiger partial charge on any atom is -0.507 e. The van der Waals surface area contributed by atoms with Gasteiger partial charge in [-0.15, -0.1) is 4.91 Å². The van der Waals surface area contributed by atoms with E-state index in [0.717, 1.165) is 43.4 Å². The molecule has 3 aromatic rings. The van der Waals surface area contributed by atoms with Gasteiger partial charge in [-0.05, 0) is 67.8 Å². The highest BCUT2D eigenvalue weighted by Gasteiger charge is 2.20. The Bertz CT molecular complexity index is 1320. The molecule has 1 aromatic heterocycles. The molecule has 0 saturated carbocycles. The maximum Gasteiger partial charge on any atom is 0.131 e. The number of phenolic OH excluding ortho intramolecular Hbond substituents is 1. The van der Waals surface area contributed by atoms with Crippen molar-refractivity contribution in [1.29, 1.82) is 0 Å². The Kier molecular flexibility index (Phi) is 8.81. The Morgan fingerprint density at radius 2 is 1.84 bits per heavy atom. The summed E-state index contributed by atoms with van der Waals surface area (Å²) >= 11 is 6.44. The van der Waals surface area contributed by atoms with Crippen molar-refractivity contribution in [1.82, 2.24) is 15.2 Å². The fourth-order valence-electron chi connectivity index (χ4n) is 4.64. The highest BCUT2D eigenvalue weighted by atomic mass is 35.5. The number of halogens is 2. The third-order valence-electron chi connectivity index (χ3n) is 6.69. The van der Waals surface area contributed by atoms with E-state index in [1.54, 1.807) is 37.5 Å². The molecule has 38 heavy (non-hydrogen) atoms. The molecule has 200 valence electrons. The summed E-state index contributed by atoms with van der Waals surface area (Å²) in [5.41, 5.74) is 2.15. The van der Waals surface area contributed by atoms with Gasteiger partial charge in [0.15, 0.2) is 0 Å². The zero-order chi connectivity index (χ0) is 27.2. The van der Waals surface area contributed by atoms with Crippen LogP contribution in [0.5, 0.6) is 5.75 Å². The van der Waals surface area contributed by atoms with E-state index in [2.05, 4.69) is 39.2 Å². The van der Waals surface area contributed by atoms with Gasteiger partial charge in [-0.1, -0.05) is 17.7 Å². The molecule has 10 heteroatoms. The number of nitrogens with zero attached hydrogens (tertiary/aromatic N) is 5. The maximum absolute atomic E-state index is 14.9. The maximum atomic E-state index is 14.9. The number of aromatic nitrogens is 1. The number of aromatic hydroxyl groups is 1. The third kappa shape index (κ3) is 6.06. The summed E-state index contributed by atoms with van der Waals surface area (Å²) in [6.07, 6.45) is 5.67. The molecule has 0 bridgehead atoms. The first-order valence-corrected chi connectivity index (χ1v) is 12.9. The number of hydrogen-bond donors (Lipinski definition) is 2. The monoisotopic (exact) mass is 538 g/mol. The average molecular weight is 539 g/mol. The highest BCUT2D eigenvalue weighted by molar-refractivity contribution is 6.33. The van der Waals surface area contributed by atoms with E-state index in [1.807, 2.05) is 6.07 Å². The zero-order valence-corrected chi connectivity index (χ0v) is 22.5. The lowest BCUT2D eigenvalue weighted by Crippen LogP contribution is -2.35. The van der Waals surface area contributed by atoms with Crippen LogP contribution in [0, 0.1) is 10.7 Å². The van der Waals surface area contributed by atoms with Gasteiger partial charge in [0.05, 0.1) is 16.0 Å². The van der Waals surface area contributed by atoms with E-state index >= 15 is 0 Å². The van der Waals surface area contributed by atoms with Crippen LogP contribution in [-0.2, 0) is 0 Å². The molecule has 2 aromatic carbocycles. The van der Waals surface area contributed by atoms with Crippen LogP contribution in [0.25, 0.3) is 22.3 Å². The van der Waals surface area contributed by atoms with Gasteiger partial charge < -0.3 is 15.3 Å². The van der Waals surface area contributed by atoms with Gasteiger partial charge in [-0.2, -0.15) is 0 Å². The minimum atomic E-state index is -0.498. The summed E-state index contributed by atoms with van der Waals surface area (Å²) in [6.45, 7) is 8.11. The van der Waals surface area contributed by atoms with E-state index < -0.39 is 5.82 Å². The average Bonchev–Trinajstić information content (AvgIpc) is 3.18. The molecule has 4 rings (SSSR count). The summed E-state index contributed by atoms with van der Waals surface area (Å²) in [5.74, 6) is 0.221. The van der Waals surface area contributed by atoms with Crippen LogP contribution in [0.2, 0.25) is 5.02 Å². The number of rotatable bonds is 8. The van der Waals surface area contributed by atoms with Gasteiger partial charge in [-0.3, -0.25) is 4.90 Å². The second-order valence-electron chi connectivity index (χ2n) is 9.42. The van der Waals surface area contributed by atoms with Gasteiger partial charge >= 0.3 is 0 Å². The Balaban J connectivity index is 1.67. The Hall–Kier alpha value is -3.69. The largest absolute Gasteiger partial charge is 0.507 e. The molecule has 1 saturated heterocycles. The number of hydrogen-bond acceptors (Lipinski definition) is 7. The number of phenols is 1. The van der Waals surface area contributed by atoms with Crippen LogP contribution in [0.3, 0.4) is 0 Å². The fourth-order valence-corrected chi connectivity index (χ4v) is 4.91. The fraction of sp³-hybridized carbons (Fsp3) is 0.321. The summed E-state index contributed by atoms with van der Waals surface area (Å²) in [7, 11) is 1.69. The van der Waals surface area contributed by atoms with Crippen molar-refractivity contribution in [3.05, 3.63) is 76.8 Å². The van der Waals surface area contributed by atoms with Crippen molar-refractivity contribution >= 4 is 23.1 Å². The molecule has 0 radical (unpaired) electrons. The molecule has 0 amide bonds. The van der Waals surface area contributed by atoms with E-state index in [1.165, 1.54) is 24.5 Å². The SMILES string of the molecule is CN/C=C\N(N=O)c1ccc(-c2cc(F)cc(-c3ccnc(N4CCCN(C(C)C)CC4)c3)c2O)cc1Cl. The normalized spacial score (nSPS) is 14.6. The number of anilines is 2. The molecule has 8 nitrogen and oxygen atoms in total. The lowest BCUT2D eigenvalue weighted by atomic mass is 9.97. The van der Waals surface area contributed by atoms with Crippen LogP contribution in [0.1, 0.15) is 20.3 Å². The zero-order valence-electron chi connectivity index (χ0n) is 21.7. The van der Waals surface area contributed by atoms with E-state index in [9.17, 15) is 14.4 Å². The van der Waals surface area contributed by atoms with Crippen LogP contribution >= 0.6 is 11.6 Å². The van der Waals surface area contributed by atoms with E-state index in [-0.39, 0.29) is 16.3 Å². The quantitative estimate of drug-likeness (QED) is 0.268. The molecular weight excluding hydrogens is 507 g/mol. The van der Waals surface area contributed by atoms with Crippen LogP contribution in [-0.4, -0.2) is 54.3 Å². The predicted octanol–water partition coefficient (Wildman–Crippen LogP) is 6.01. The Morgan fingerprint density at radius 1 is 1.11 bits per heavy atom. The smallest absolute Gasteiger partial charge is 0.131 e. The summed E-state index contributed by atoms with van der Waals surface area (Å²) < 4.78 is 14.9. The Morgan fingerprint density at radius 3 is 2.50 bits per heavy atom. The van der Waals surface area contributed by atoms with Gasteiger partial charge in [-0.25, -0.2) is 14.4 Å². The molecule has 0 unspecified atom stereocenters. The van der Waals surface area contributed by atoms with Crippen molar-refractivity contribution in [2.75, 3.05) is 43.1 Å². The van der Waals surface area contributed by atoms with Gasteiger partial charge in [0, 0.05) is 69.0 Å². The first-order chi connectivity index (χ1) is 18.3.